The monoisotopic (exact) mass is 313 g/mol. The summed E-state index contributed by atoms with van der Waals surface area (Å²) in [5, 5.41) is 3.69. The van der Waals surface area contributed by atoms with E-state index in [-0.39, 0.29) is 11.1 Å². The maximum atomic E-state index is 14.0. The van der Waals surface area contributed by atoms with Crippen molar-refractivity contribution in [3.63, 3.8) is 0 Å². The van der Waals surface area contributed by atoms with Crippen LogP contribution in [0, 0.1) is 5.82 Å². The van der Waals surface area contributed by atoms with Crippen LogP contribution >= 0.6 is 23.2 Å². The van der Waals surface area contributed by atoms with E-state index in [1.54, 1.807) is 25.2 Å². The summed E-state index contributed by atoms with van der Waals surface area (Å²) < 4.78 is 14.0. The molecule has 0 fully saturated rings. The molecular weight excluding hydrogens is 300 g/mol. The van der Waals surface area contributed by atoms with Gasteiger partial charge in [-0.3, -0.25) is 0 Å². The Morgan fingerprint density at radius 1 is 1.40 bits per heavy atom. The molecule has 0 aliphatic rings. The smallest absolute Gasteiger partial charge is 0.145 e. The maximum absolute atomic E-state index is 14.0. The van der Waals surface area contributed by atoms with Gasteiger partial charge in [0.2, 0.25) is 0 Å². The first-order valence-corrected chi connectivity index (χ1v) is 6.79. The Morgan fingerprint density at radius 3 is 2.85 bits per heavy atom. The predicted molar refractivity (Wildman–Crippen MR) is 80.6 cm³/mol. The number of benzene rings is 1. The molecule has 1 atom stereocenters. The van der Waals surface area contributed by atoms with E-state index in [4.69, 9.17) is 28.9 Å². The fourth-order valence-corrected chi connectivity index (χ4v) is 2.40. The number of halogens is 3. The number of hydrogen-bond donors (Lipinski definition) is 2. The van der Waals surface area contributed by atoms with Crippen LogP contribution in [0.5, 0.6) is 0 Å². The third-order valence-corrected chi connectivity index (χ3v) is 3.59. The van der Waals surface area contributed by atoms with Crippen LogP contribution in [0.2, 0.25) is 10.0 Å². The third kappa shape index (κ3) is 3.20. The van der Waals surface area contributed by atoms with Crippen molar-refractivity contribution in [2.75, 3.05) is 12.8 Å². The maximum Gasteiger partial charge on any atom is 0.145 e. The molecule has 1 unspecified atom stereocenters. The molecule has 20 heavy (non-hydrogen) atoms. The molecule has 1 aromatic heterocycles. The summed E-state index contributed by atoms with van der Waals surface area (Å²) in [4.78, 5) is 4.02. The summed E-state index contributed by atoms with van der Waals surface area (Å²) in [5.41, 5.74) is 7.10. The first-order chi connectivity index (χ1) is 9.52. The van der Waals surface area contributed by atoms with Gasteiger partial charge in [-0.25, -0.2) is 9.37 Å². The molecular formula is C14H14Cl2FN3. The van der Waals surface area contributed by atoms with Gasteiger partial charge in [0.15, 0.2) is 0 Å². The van der Waals surface area contributed by atoms with Crippen LogP contribution in [-0.4, -0.2) is 12.0 Å². The molecule has 0 radical (unpaired) electrons. The quantitative estimate of drug-likeness (QED) is 0.906. The Balaban J connectivity index is 2.34. The summed E-state index contributed by atoms with van der Waals surface area (Å²) in [7, 11) is 1.77. The number of nitrogen functional groups attached to an aromatic ring is 1. The Labute approximate surface area is 126 Å². The summed E-state index contributed by atoms with van der Waals surface area (Å²) >= 11 is 11.7. The van der Waals surface area contributed by atoms with E-state index in [1.807, 2.05) is 0 Å². The van der Waals surface area contributed by atoms with Gasteiger partial charge in [-0.2, -0.15) is 0 Å². The van der Waals surface area contributed by atoms with Gasteiger partial charge in [0.25, 0.3) is 0 Å². The molecule has 106 valence electrons. The molecule has 0 aliphatic heterocycles. The predicted octanol–water partition coefficient (Wildman–Crippen LogP) is 3.61. The van der Waals surface area contributed by atoms with E-state index in [1.165, 1.54) is 12.3 Å². The van der Waals surface area contributed by atoms with Gasteiger partial charge < -0.3 is 11.1 Å². The number of anilines is 1. The van der Waals surface area contributed by atoms with Crippen molar-refractivity contribution in [3.05, 3.63) is 57.5 Å². The number of nitrogens with one attached hydrogen (secondary N) is 1. The molecule has 0 aliphatic carbocycles. The zero-order chi connectivity index (χ0) is 14.7. The van der Waals surface area contributed by atoms with Crippen LogP contribution in [0.1, 0.15) is 17.2 Å². The number of pyridine rings is 1. The van der Waals surface area contributed by atoms with Gasteiger partial charge >= 0.3 is 0 Å². The van der Waals surface area contributed by atoms with E-state index in [0.29, 0.717) is 22.8 Å². The molecule has 3 nitrogen and oxygen atoms in total. The average molecular weight is 314 g/mol. The Hall–Kier alpha value is -1.36. The summed E-state index contributed by atoms with van der Waals surface area (Å²) in [5.74, 6) is -0.0424. The SMILES string of the molecule is CNC(Cc1cccc(Cl)c1F)c1cc(Cl)cnc1N. The van der Waals surface area contributed by atoms with Crippen molar-refractivity contribution < 1.29 is 4.39 Å². The minimum atomic E-state index is -0.414. The molecule has 2 rings (SSSR count). The van der Waals surface area contributed by atoms with Crippen molar-refractivity contribution in [2.45, 2.75) is 12.5 Å². The van der Waals surface area contributed by atoms with Gasteiger partial charge in [0, 0.05) is 17.8 Å². The van der Waals surface area contributed by atoms with Crippen LogP contribution in [-0.2, 0) is 6.42 Å². The molecule has 1 heterocycles. The Morgan fingerprint density at radius 2 is 2.15 bits per heavy atom. The minimum Gasteiger partial charge on any atom is -0.383 e. The van der Waals surface area contributed by atoms with Gasteiger partial charge in [0.1, 0.15) is 11.6 Å². The summed E-state index contributed by atoms with van der Waals surface area (Å²) in [6, 6.07) is 6.46. The average Bonchev–Trinajstić information content (AvgIpc) is 2.43. The molecule has 0 amide bonds. The van der Waals surface area contributed by atoms with Crippen molar-refractivity contribution in [3.8, 4) is 0 Å². The zero-order valence-corrected chi connectivity index (χ0v) is 12.3. The second kappa shape index (κ2) is 6.39. The fraction of sp³-hybridized carbons (Fsp3) is 0.214. The van der Waals surface area contributed by atoms with Crippen LogP contribution in [0.25, 0.3) is 0 Å². The van der Waals surface area contributed by atoms with E-state index in [2.05, 4.69) is 10.3 Å². The van der Waals surface area contributed by atoms with Crippen LogP contribution in [0.4, 0.5) is 10.2 Å². The first kappa shape index (κ1) is 15.0. The number of aromatic nitrogens is 1. The molecule has 3 N–H and O–H groups in total. The normalized spacial score (nSPS) is 12.4. The molecule has 2 aromatic rings. The van der Waals surface area contributed by atoms with Crippen LogP contribution in [0.15, 0.2) is 30.5 Å². The third-order valence-electron chi connectivity index (χ3n) is 3.10. The van der Waals surface area contributed by atoms with Gasteiger partial charge in [0.05, 0.1) is 10.0 Å². The van der Waals surface area contributed by atoms with Gasteiger partial charge in [-0.05, 0) is 31.2 Å². The summed E-state index contributed by atoms with van der Waals surface area (Å²) in [6.45, 7) is 0. The lowest BCUT2D eigenvalue weighted by Gasteiger charge is -2.19. The molecule has 1 aromatic carbocycles. The largest absolute Gasteiger partial charge is 0.383 e. The number of hydrogen-bond acceptors (Lipinski definition) is 3. The number of nitrogens with zero attached hydrogens (tertiary/aromatic N) is 1. The highest BCUT2D eigenvalue weighted by Crippen LogP contribution is 2.27. The van der Waals surface area contributed by atoms with Crippen LogP contribution in [0.3, 0.4) is 0 Å². The zero-order valence-electron chi connectivity index (χ0n) is 10.8. The highest BCUT2D eigenvalue weighted by molar-refractivity contribution is 6.31. The minimum absolute atomic E-state index is 0.106. The standard InChI is InChI=1S/C14H14Cl2FN3/c1-19-12(10-6-9(15)7-20-14(10)18)5-8-3-2-4-11(16)13(8)17/h2-4,6-7,12,19H,5H2,1H3,(H2,18,20). The van der Waals surface area contributed by atoms with Crippen molar-refractivity contribution in [1.82, 2.24) is 10.3 Å². The van der Waals surface area contributed by atoms with Crippen molar-refractivity contribution >= 4 is 29.0 Å². The molecule has 0 saturated heterocycles. The fourth-order valence-electron chi connectivity index (χ4n) is 2.04. The number of likely N-dealkylation sites (N-methyl/N-ethyl adjacent to an activating group) is 1. The van der Waals surface area contributed by atoms with Crippen molar-refractivity contribution in [2.24, 2.45) is 0 Å². The van der Waals surface area contributed by atoms with Gasteiger partial charge in [-0.15, -0.1) is 0 Å². The second-order valence-corrected chi connectivity index (χ2v) is 5.23. The van der Waals surface area contributed by atoms with E-state index in [0.717, 1.165) is 5.56 Å². The first-order valence-electron chi connectivity index (χ1n) is 6.04. The summed E-state index contributed by atoms with van der Waals surface area (Å²) in [6.07, 6.45) is 1.88. The molecule has 6 heteroatoms. The lowest BCUT2D eigenvalue weighted by molar-refractivity contribution is 0.555. The van der Waals surface area contributed by atoms with Crippen LogP contribution < -0.4 is 11.1 Å². The Bertz CT molecular complexity index is 619. The lowest BCUT2D eigenvalue weighted by atomic mass is 9.99. The number of nitrogens with two attached hydrogens (primary N) is 1. The molecule has 0 bridgehead atoms. The second-order valence-electron chi connectivity index (χ2n) is 4.39. The van der Waals surface area contributed by atoms with Gasteiger partial charge in [-0.1, -0.05) is 35.3 Å². The van der Waals surface area contributed by atoms with E-state index < -0.39 is 5.82 Å². The Kier molecular flexibility index (Phi) is 4.81. The topological polar surface area (TPSA) is 50.9 Å². The van der Waals surface area contributed by atoms with E-state index >= 15 is 0 Å². The highest BCUT2D eigenvalue weighted by Gasteiger charge is 2.17. The van der Waals surface area contributed by atoms with E-state index in [9.17, 15) is 4.39 Å². The number of rotatable bonds is 4. The lowest BCUT2D eigenvalue weighted by Crippen LogP contribution is -2.21. The van der Waals surface area contributed by atoms with Crippen molar-refractivity contribution in [1.29, 1.82) is 0 Å². The highest BCUT2D eigenvalue weighted by atomic mass is 35.5. The molecule has 0 spiro atoms. The molecule has 0 saturated carbocycles.